The van der Waals surface area contributed by atoms with Gasteiger partial charge in [-0.05, 0) is 123 Å². The number of amides is 3. The lowest BCUT2D eigenvalue weighted by Crippen LogP contribution is -2.50. The molecule has 101 heavy (non-hydrogen) atoms. The van der Waals surface area contributed by atoms with Crippen molar-refractivity contribution in [3.05, 3.63) is 196 Å². The number of methoxy groups -OCH3 is 2. The molecule has 7 aliphatic heterocycles. The van der Waals surface area contributed by atoms with Gasteiger partial charge in [-0.3, -0.25) is 28.5 Å². The quantitative estimate of drug-likeness (QED) is 0.111. The summed E-state index contributed by atoms with van der Waals surface area (Å²) in [5, 5.41) is 9.66. The summed E-state index contributed by atoms with van der Waals surface area (Å²) in [6.45, 7) is 9.06. The minimum absolute atomic E-state index is 0.0401. The monoisotopic (exact) mass is 1400 g/mol. The minimum Gasteiger partial charge on any atom is -0.497 e. The molecule has 0 radical (unpaired) electrons. The van der Waals surface area contributed by atoms with Crippen molar-refractivity contribution < 1.29 is 70.2 Å². The minimum atomic E-state index is -4.72. The first-order valence-corrected chi connectivity index (χ1v) is 34.3. The summed E-state index contributed by atoms with van der Waals surface area (Å²) in [7, 11) is 6.98. The molecule has 16 rings (SSSR count). The second kappa shape index (κ2) is 27.4. The first-order chi connectivity index (χ1) is 48.7. The van der Waals surface area contributed by atoms with Crippen LogP contribution in [0.1, 0.15) is 111 Å². The summed E-state index contributed by atoms with van der Waals surface area (Å²) in [6, 6.07) is 39.8. The normalized spacial score (nSPS) is 16.7. The van der Waals surface area contributed by atoms with E-state index in [9.17, 15) is 27.6 Å². The molecular weight excluding hydrogens is 1320 g/mol. The number of fused-ring (bicyclic) bond motifs is 13. The van der Waals surface area contributed by atoms with Gasteiger partial charge in [0, 0.05) is 155 Å². The van der Waals surface area contributed by atoms with E-state index in [1.807, 2.05) is 176 Å². The number of hydrogen-bond acceptors (Lipinski definition) is 14. The first kappa shape index (κ1) is 68.0. The zero-order chi connectivity index (χ0) is 70.5. The average molecular weight is 1400 g/mol. The fraction of sp³-hybridized carbons (Fsp3) is 0.364. The van der Waals surface area contributed by atoms with Crippen LogP contribution in [0.5, 0.6) is 46.0 Å². The molecule has 10 heterocycles. The van der Waals surface area contributed by atoms with Gasteiger partial charge in [0.2, 0.25) is 0 Å². The molecule has 9 aromatic rings. The predicted octanol–water partition coefficient (Wildman–Crippen LogP) is 13.8. The number of halogens is 4. The molecular formula is C77H78ClF3N8O12. The van der Waals surface area contributed by atoms with Crippen molar-refractivity contribution in [3.8, 4) is 74.2 Å². The average Bonchev–Trinajstić information content (AvgIpc) is 1.69. The maximum absolute atomic E-state index is 13.3. The van der Waals surface area contributed by atoms with Crippen molar-refractivity contribution in [2.24, 2.45) is 14.1 Å². The van der Waals surface area contributed by atoms with Gasteiger partial charge in [0.05, 0.1) is 74.3 Å². The Morgan fingerprint density at radius 1 is 0.604 bits per heavy atom. The molecule has 7 aliphatic rings. The van der Waals surface area contributed by atoms with Crippen molar-refractivity contribution in [2.75, 3.05) is 73.3 Å². The lowest BCUT2D eigenvalue weighted by atomic mass is 9.81. The number of carbonyl (C=O) groups excluding carboxylic acids is 3. The van der Waals surface area contributed by atoms with Crippen LogP contribution in [0.25, 0.3) is 28.2 Å². The third-order valence-electron chi connectivity index (χ3n) is 20.1. The summed E-state index contributed by atoms with van der Waals surface area (Å²) in [5.74, 6) is 5.10. The first-order valence-electron chi connectivity index (χ1n) is 34.0. The second-order valence-electron chi connectivity index (χ2n) is 26.5. The molecule has 0 N–H and O–H groups in total. The molecule has 20 nitrogen and oxygen atoms in total. The van der Waals surface area contributed by atoms with Gasteiger partial charge in [-0.2, -0.15) is 10.2 Å². The molecule has 24 heteroatoms. The molecule has 0 atom stereocenters. The van der Waals surface area contributed by atoms with Crippen LogP contribution in [0, 0.1) is 6.92 Å². The number of para-hydroxylation sites is 2. The molecule has 3 spiro atoms. The van der Waals surface area contributed by atoms with Gasteiger partial charge in [-0.25, -0.2) is 0 Å². The summed E-state index contributed by atoms with van der Waals surface area (Å²) >= 11 is 6.21. The molecule has 0 bridgehead atoms. The van der Waals surface area contributed by atoms with Crippen LogP contribution in [0.4, 0.5) is 13.2 Å². The van der Waals surface area contributed by atoms with Gasteiger partial charge in [0.25, 0.3) is 17.7 Å². The number of benzene rings is 6. The van der Waals surface area contributed by atoms with Gasteiger partial charge >= 0.3 is 6.36 Å². The third kappa shape index (κ3) is 13.1. The fourth-order valence-electron chi connectivity index (χ4n) is 15.0. The second-order valence-corrected chi connectivity index (χ2v) is 26.9. The molecule has 526 valence electrons. The van der Waals surface area contributed by atoms with E-state index in [0.717, 1.165) is 104 Å². The summed E-state index contributed by atoms with van der Waals surface area (Å²) < 4.78 is 93.5. The Labute approximate surface area is 587 Å². The largest absolute Gasteiger partial charge is 0.522 e. The summed E-state index contributed by atoms with van der Waals surface area (Å²) in [6.07, 6.45) is 6.13. The van der Waals surface area contributed by atoms with E-state index in [0.29, 0.717) is 99.0 Å². The van der Waals surface area contributed by atoms with Crippen LogP contribution in [-0.2, 0) is 42.1 Å². The van der Waals surface area contributed by atoms with Crippen molar-refractivity contribution in [3.63, 3.8) is 0 Å². The maximum atomic E-state index is 13.3. The Morgan fingerprint density at radius 3 is 1.84 bits per heavy atom. The molecule has 0 saturated carbocycles. The molecule has 0 aliphatic carbocycles. The van der Waals surface area contributed by atoms with Crippen LogP contribution in [0.15, 0.2) is 146 Å². The van der Waals surface area contributed by atoms with Crippen molar-refractivity contribution in [1.29, 1.82) is 0 Å². The smallest absolute Gasteiger partial charge is 0.497 e. The number of hydrogen-bond donors (Lipinski definition) is 0. The highest BCUT2D eigenvalue weighted by atomic mass is 35.5. The van der Waals surface area contributed by atoms with E-state index < -0.39 is 29.8 Å². The van der Waals surface area contributed by atoms with E-state index in [2.05, 4.69) is 25.6 Å². The number of likely N-dealkylation sites (tertiary alicyclic amines) is 3. The zero-order valence-corrected chi connectivity index (χ0v) is 58.0. The lowest BCUT2D eigenvalue weighted by Gasteiger charge is -2.45. The Kier molecular flexibility index (Phi) is 18.5. The number of aromatic nitrogens is 5. The van der Waals surface area contributed by atoms with Crippen LogP contribution in [0.2, 0.25) is 5.02 Å². The van der Waals surface area contributed by atoms with E-state index in [-0.39, 0.29) is 41.9 Å². The van der Waals surface area contributed by atoms with E-state index >= 15 is 0 Å². The summed E-state index contributed by atoms with van der Waals surface area (Å²) in [4.78, 5) is 45.5. The number of rotatable bonds is 11. The van der Waals surface area contributed by atoms with Crippen LogP contribution in [0.3, 0.4) is 0 Å². The Hall–Kier alpha value is -10.1. The highest BCUT2D eigenvalue weighted by Crippen LogP contribution is 2.53. The molecule has 0 unspecified atom stereocenters. The third-order valence-corrected chi connectivity index (χ3v) is 20.3. The highest BCUT2D eigenvalue weighted by molar-refractivity contribution is 6.30. The van der Waals surface area contributed by atoms with Crippen molar-refractivity contribution in [1.82, 2.24) is 38.8 Å². The highest BCUT2D eigenvalue weighted by Gasteiger charge is 2.49. The van der Waals surface area contributed by atoms with Gasteiger partial charge in [-0.15, -0.1) is 13.2 Å². The fourth-order valence-corrected chi connectivity index (χ4v) is 15.2. The zero-order valence-electron chi connectivity index (χ0n) is 57.2. The molecule has 3 saturated heterocycles. The number of alkyl halides is 3. The predicted molar refractivity (Wildman–Crippen MR) is 370 cm³/mol. The van der Waals surface area contributed by atoms with Crippen LogP contribution < -0.4 is 37.9 Å². The SMILES string of the molecule is COc1cc(C(=O)N2CCC3(CC2)Oc2cc(Cl)ccc2-n2cccc23)ccc1OCCOC(F)(F)F.COc1ccc2c(c1)OC1(CCN(C(=O)c3ccc(OC(C)C)c(C)c3)CC1)c1cnn(C)c1-2.Cn1ncc2c1-c1ccccc1OC21CCN(C(=O)c2cccc3c2OCC3)CC1. The van der Waals surface area contributed by atoms with E-state index in [4.69, 9.17) is 49.5 Å². The molecule has 3 aromatic heterocycles. The van der Waals surface area contributed by atoms with Crippen molar-refractivity contribution >= 4 is 29.3 Å². The number of nitrogens with zero attached hydrogens (tertiary/aromatic N) is 8. The number of ether oxygens (including phenoxy) is 9. The van der Waals surface area contributed by atoms with E-state index in [1.54, 1.807) is 18.1 Å². The lowest BCUT2D eigenvalue weighted by molar-refractivity contribution is -0.325. The van der Waals surface area contributed by atoms with Gasteiger partial charge in [0.1, 0.15) is 52.3 Å². The van der Waals surface area contributed by atoms with Crippen LogP contribution in [-0.4, -0.2) is 142 Å². The van der Waals surface area contributed by atoms with Gasteiger partial charge in [0.15, 0.2) is 17.1 Å². The standard InChI is InChI=1S/C27H31N3O4.C26H24ClF3N2O5.C24H23N3O3/c1-17(2)33-23-9-6-19(14-18(23)3)26(31)30-12-10-27(11-13-30)22-16-28-29(4)25(22)21-8-7-20(32-5)15-24(21)34-27;1-34-22-15-17(4-7-20(22)35-13-14-36-26(28,29)30)24(33)31-11-8-25(9-12-31)23-3-2-10-32(23)19-6-5-18(27)16-21(19)37-25;1-26-21-17-6-2-3-8-20(17)30-24(19(21)15-25-26)10-12-27(13-11-24)23(28)18-7-4-5-16-9-14-29-22(16)18/h6-9,14-17H,10-13H2,1-5H3;2-7,10,15-16H,8-9,11-14H2,1H3;2-8,15H,9-14H2,1H3. The van der Waals surface area contributed by atoms with Gasteiger partial charge in [-0.1, -0.05) is 35.9 Å². The molecule has 3 amide bonds. The number of aryl methyl sites for hydroxylation is 3. The van der Waals surface area contributed by atoms with E-state index in [1.165, 1.54) is 19.2 Å². The molecule has 6 aromatic carbocycles. The topological polar surface area (TPSA) is 185 Å². The van der Waals surface area contributed by atoms with Crippen LogP contribution >= 0.6 is 11.6 Å². The Bertz CT molecular complexity index is 4620. The van der Waals surface area contributed by atoms with Gasteiger partial charge < -0.3 is 57.2 Å². The molecule has 3 fully saturated rings. The summed E-state index contributed by atoms with van der Waals surface area (Å²) in [5.41, 5.74) is 10.8. The Balaban J connectivity index is 0.000000129. The number of carbonyl (C=O) groups is 3. The Morgan fingerprint density at radius 2 is 1.21 bits per heavy atom. The number of piperidine rings is 3. The van der Waals surface area contributed by atoms with Crippen molar-refractivity contribution in [2.45, 2.75) is 95.0 Å². The maximum Gasteiger partial charge on any atom is 0.522 e.